The molecule has 3 rings (SSSR count). The Morgan fingerprint density at radius 2 is 1.96 bits per heavy atom. The minimum atomic E-state index is -3.73. The summed E-state index contributed by atoms with van der Waals surface area (Å²) in [6, 6.07) is 4.26. The van der Waals surface area contributed by atoms with Crippen molar-refractivity contribution in [2.75, 3.05) is 40.0 Å². The highest BCUT2D eigenvalue weighted by Crippen LogP contribution is 2.30. The Kier molecular flexibility index (Phi) is 5.31. The average molecular weight is 368 g/mol. The number of hydrogen-bond acceptors (Lipinski definition) is 5. The Balaban J connectivity index is 1.86. The quantitative estimate of drug-likeness (QED) is 0.793. The zero-order chi connectivity index (χ0) is 18.0. The lowest BCUT2D eigenvalue weighted by Crippen LogP contribution is -2.51. The molecule has 8 heteroatoms. The molecule has 25 heavy (non-hydrogen) atoms. The van der Waals surface area contributed by atoms with Crippen LogP contribution in [0.5, 0.6) is 5.75 Å². The molecule has 0 unspecified atom stereocenters. The maximum atomic E-state index is 13.1. The molecule has 0 aromatic heterocycles. The van der Waals surface area contributed by atoms with Crippen molar-refractivity contribution in [1.82, 2.24) is 9.21 Å². The van der Waals surface area contributed by atoms with Gasteiger partial charge in [0, 0.05) is 19.6 Å². The number of sulfonamides is 1. The Labute approximate surface area is 148 Å². The minimum absolute atomic E-state index is 0.115. The molecule has 0 aliphatic carbocycles. The van der Waals surface area contributed by atoms with Crippen LogP contribution in [0.25, 0.3) is 0 Å². The van der Waals surface area contributed by atoms with Crippen molar-refractivity contribution in [1.29, 1.82) is 0 Å². The molecular formula is C17H24N2O5S. The van der Waals surface area contributed by atoms with Gasteiger partial charge in [-0.2, -0.15) is 4.31 Å². The van der Waals surface area contributed by atoms with Crippen LogP contribution in [-0.2, 0) is 19.6 Å². The lowest BCUT2D eigenvalue weighted by Gasteiger charge is -2.32. The molecule has 0 spiro atoms. The van der Waals surface area contributed by atoms with E-state index >= 15 is 0 Å². The molecule has 138 valence electrons. The average Bonchev–Trinajstić information content (AvgIpc) is 3.12. The van der Waals surface area contributed by atoms with Crippen LogP contribution < -0.4 is 4.74 Å². The summed E-state index contributed by atoms with van der Waals surface area (Å²) < 4.78 is 38.1. The fraction of sp³-hybridized carbons (Fsp3) is 0.588. The van der Waals surface area contributed by atoms with Crippen LogP contribution in [0.3, 0.4) is 0 Å². The van der Waals surface area contributed by atoms with Gasteiger partial charge >= 0.3 is 0 Å². The maximum Gasteiger partial charge on any atom is 0.244 e. The van der Waals surface area contributed by atoms with Gasteiger partial charge in [0.15, 0.2) is 0 Å². The Morgan fingerprint density at radius 1 is 1.24 bits per heavy atom. The second-order valence-corrected chi connectivity index (χ2v) is 8.20. The number of aryl methyl sites for hydroxylation is 1. The maximum absolute atomic E-state index is 13.1. The van der Waals surface area contributed by atoms with Gasteiger partial charge in [0.05, 0.1) is 25.2 Å². The second kappa shape index (κ2) is 7.31. The molecular weight excluding hydrogens is 344 g/mol. The molecule has 1 aromatic rings. The van der Waals surface area contributed by atoms with Crippen molar-refractivity contribution >= 4 is 15.9 Å². The highest BCUT2D eigenvalue weighted by Gasteiger charge is 2.41. The summed E-state index contributed by atoms with van der Waals surface area (Å²) in [5.74, 6) is 0.495. The van der Waals surface area contributed by atoms with Crippen molar-refractivity contribution in [2.45, 2.75) is 30.7 Å². The first-order valence-corrected chi connectivity index (χ1v) is 9.92. The summed E-state index contributed by atoms with van der Waals surface area (Å²) in [6.07, 6.45) is 1.25. The number of carbonyl (C=O) groups excluding carboxylic acids is 1. The van der Waals surface area contributed by atoms with Gasteiger partial charge in [-0.25, -0.2) is 8.42 Å². The highest BCUT2D eigenvalue weighted by molar-refractivity contribution is 7.89. The number of nitrogens with zero attached hydrogens (tertiary/aromatic N) is 2. The Bertz CT molecular complexity index is 743. The number of ether oxygens (including phenoxy) is 2. The monoisotopic (exact) mass is 368 g/mol. The third-order valence-electron chi connectivity index (χ3n) is 4.78. The van der Waals surface area contributed by atoms with E-state index in [2.05, 4.69) is 0 Å². The van der Waals surface area contributed by atoms with Crippen molar-refractivity contribution in [3.63, 3.8) is 0 Å². The first-order valence-electron chi connectivity index (χ1n) is 8.48. The fourth-order valence-electron chi connectivity index (χ4n) is 3.43. The number of carbonyl (C=O) groups is 1. The lowest BCUT2D eigenvalue weighted by atomic mass is 10.2. The fourth-order valence-corrected chi connectivity index (χ4v) is 5.29. The van der Waals surface area contributed by atoms with Gasteiger partial charge < -0.3 is 14.4 Å². The van der Waals surface area contributed by atoms with E-state index in [-0.39, 0.29) is 10.8 Å². The molecule has 2 aliphatic heterocycles. The zero-order valence-corrected chi connectivity index (χ0v) is 15.4. The first-order chi connectivity index (χ1) is 11.9. The van der Waals surface area contributed by atoms with Crippen molar-refractivity contribution in [3.8, 4) is 5.75 Å². The molecule has 2 fully saturated rings. The number of methoxy groups -OCH3 is 1. The van der Waals surface area contributed by atoms with E-state index in [1.54, 1.807) is 37.1 Å². The molecule has 7 nitrogen and oxygen atoms in total. The summed E-state index contributed by atoms with van der Waals surface area (Å²) >= 11 is 0. The number of amides is 1. The normalized spacial score (nSPS) is 22.2. The van der Waals surface area contributed by atoms with Crippen LogP contribution in [0.15, 0.2) is 23.1 Å². The topological polar surface area (TPSA) is 76.2 Å². The summed E-state index contributed by atoms with van der Waals surface area (Å²) in [5.41, 5.74) is 0.615. The second-order valence-electron chi connectivity index (χ2n) is 6.34. The van der Waals surface area contributed by atoms with Gasteiger partial charge in [-0.3, -0.25) is 4.79 Å². The number of rotatable bonds is 4. The van der Waals surface area contributed by atoms with Crippen LogP contribution in [0, 0.1) is 6.92 Å². The van der Waals surface area contributed by atoms with Crippen LogP contribution in [0.4, 0.5) is 0 Å². The minimum Gasteiger partial charge on any atom is -0.497 e. The Morgan fingerprint density at radius 3 is 2.60 bits per heavy atom. The summed E-state index contributed by atoms with van der Waals surface area (Å²) in [7, 11) is -2.19. The molecule has 1 amide bonds. The predicted octanol–water partition coefficient (Wildman–Crippen LogP) is 1.02. The predicted molar refractivity (Wildman–Crippen MR) is 92.0 cm³/mol. The summed E-state index contributed by atoms with van der Waals surface area (Å²) in [4.78, 5) is 14.8. The lowest BCUT2D eigenvalue weighted by molar-refractivity contribution is -0.138. The van der Waals surface area contributed by atoms with E-state index in [4.69, 9.17) is 9.47 Å². The third-order valence-corrected chi connectivity index (χ3v) is 6.85. The zero-order valence-electron chi connectivity index (χ0n) is 14.6. The van der Waals surface area contributed by atoms with Gasteiger partial charge in [-0.15, -0.1) is 0 Å². The summed E-state index contributed by atoms with van der Waals surface area (Å²) in [5, 5.41) is 0. The van der Waals surface area contributed by atoms with Crippen LogP contribution in [-0.4, -0.2) is 69.5 Å². The van der Waals surface area contributed by atoms with E-state index in [1.807, 2.05) is 0 Å². The molecule has 2 heterocycles. The van der Waals surface area contributed by atoms with Gasteiger partial charge in [-0.1, -0.05) is 0 Å². The van der Waals surface area contributed by atoms with Crippen LogP contribution in [0.2, 0.25) is 0 Å². The van der Waals surface area contributed by atoms with Gasteiger partial charge in [0.1, 0.15) is 11.8 Å². The van der Waals surface area contributed by atoms with Crippen LogP contribution in [0.1, 0.15) is 18.4 Å². The number of hydrogen-bond donors (Lipinski definition) is 0. The molecule has 0 N–H and O–H groups in total. The number of benzene rings is 1. The van der Waals surface area contributed by atoms with Crippen molar-refractivity contribution < 1.29 is 22.7 Å². The van der Waals surface area contributed by atoms with Crippen molar-refractivity contribution in [2.24, 2.45) is 0 Å². The van der Waals surface area contributed by atoms with E-state index in [1.165, 1.54) is 4.31 Å². The standard InChI is InChI=1S/C17H24N2O5S/c1-13-12-14(23-2)5-6-16(13)25(21,22)19-7-3-4-15(19)17(20)18-8-10-24-11-9-18/h5-6,12,15H,3-4,7-11H2,1-2H3/t15-/m0/s1. The molecule has 2 aliphatic rings. The number of morpholine rings is 1. The Hall–Kier alpha value is -1.64. The van der Waals surface area contributed by atoms with E-state index in [0.29, 0.717) is 57.0 Å². The van der Waals surface area contributed by atoms with Gasteiger partial charge in [0.2, 0.25) is 15.9 Å². The highest BCUT2D eigenvalue weighted by atomic mass is 32.2. The largest absolute Gasteiger partial charge is 0.497 e. The van der Waals surface area contributed by atoms with Crippen LogP contribution >= 0.6 is 0 Å². The molecule has 0 bridgehead atoms. The first kappa shape index (κ1) is 18.2. The third kappa shape index (κ3) is 3.51. The van der Waals surface area contributed by atoms with Gasteiger partial charge in [0.25, 0.3) is 0 Å². The molecule has 1 aromatic carbocycles. The SMILES string of the molecule is COc1ccc(S(=O)(=O)N2CCC[C@H]2C(=O)N2CCOCC2)c(C)c1. The summed E-state index contributed by atoms with van der Waals surface area (Å²) in [6.45, 7) is 4.15. The van der Waals surface area contributed by atoms with Crippen molar-refractivity contribution in [3.05, 3.63) is 23.8 Å². The van der Waals surface area contributed by atoms with E-state index < -0.39 is 16.1 Å². The van der Waals surface area contributed by atoms with E-state index in [0.717, 1.165) is 0 Å². The smallest absolute Gasteiger partial charge is 0.244 e. The van der Waals surface area contributed by atoms with Gasteiger partial charge in [-0.05, 0) is 43.5 Å². The molecule has 2 saturated heterocycles. The molecule has 0 radical (unpaired) electrons. The molecule has 0 saturated carbocycles. The van der Waals surface area contributed by atoms with E-state index in [9.17, 15) is 13.2 Å². The molecule has 1 atom stereocenters.